The summed E-state index contributed by atoms with van der Waals surface area (Å²) in [5, 5.41) is 0. The molecule has 2 rings (SSSR count). The van der Waals surface area contributed by atoms with Crippen LogP contribution in [0.2, 0.25) is 0 Å². The maximum absolute atomic E-state index is 5.95. The van der Waals surface area contributed by atoms with Gasteiger partial charge in [-0.05, 0) is 36.8 Å². The van der Waals surface area contributed by atoms with Gasteiger partial charge >= 0.3 is 0 Å². The van der Waals surface area contributed by atoms with Gasteiger partial charge in [0, 0.05) is 10.0 Å². The van der Waals surface area contributed by atoms with E-state index in [1.54, 1.807) is 7.11 Å². The Bertz CT molecular complexity index is 536. The molecule has 0 aliphatic rings. The van der Waals surface area contributed by atoms with Crippen LogP contribution in [0.15, 0.2) is 39.2 Å². The fraction of sp³-hybridized carbons (Fsp3) is 0.286. The lowest BCUT2D eigenvalue weighted by molar-refractivity contribution is 0.414. The zero-order chi connectivity index (χ0) is 13.1. The molecule has 0 aliphatic heterocycles. The summed E-state index contributed by atoms with van der Waals surface area (Å²) in [5.41, 5.74) is 6.91. The highest BCUT2D eigenvalue weighted by molar-refractivity contribution is 9.10. The van der Waals surface area contributed by atoms with Crippen LogP contribution < -0.4 is 10.5 Å². The van der Waals surface area contributed by atoms with Crippen molar-refractivity contribution in [3.63, 3.8) is 0 Å². The molecule has 0 amide bonds. The average molecular weight is 310 g/mol. The zero-order valence-electron chi connectivity index (χ0n) is 10.4. The monoisotopic (exact) mass is 309 g/mol. The largest absolute Gasteiger partial charge is 0.497 e. The summed E-state index contributed by atoms with van der Waals surface area (Å²) >= 11 is 3.51. The van der Waals surface area contributed by atoms with Gasteiger partial charge in [0.2, 0.25) is 0 Å². The van der Waals surface area contributed by atoms with Gasteiger partial charge in [0.05, 0.1) is 13.2 Å². The fourth-order valence-electron chi connectivity index (χ4n) is 1.72. The van der Waals surface area contributed by atoms with Crippen molar-refractivity contribution < 1.29 is 9.15 Å². The topological polar surface area (TPSA) is 48.4 Å². The van der Waals surface area contributed by atoms with Crippen molar-refractivity contribution in [2.75, 3.05) is 7.11 Å². The Morgan fingerprint density at radius 3 is 2.78 bits per heavy atom. The number of rotatable bonds is 4. The number of nitrogens with two attached hydrogens (primary N) is 1. The molecular weight excluding hydrogens is 294 g/mol. The molecule has 0 fully saturated rings. The van der Waals surface area contributed by atoms with Gasteiger partial charge in [-0.25, -0.2) is 0 Å². The van der Waals surface area contributed by atoms with Crippen LogP contribution in [-0.4, -0.2) is 7.11 Å². The molecule has 96 valence electrons. The molecule has 1 atom stereocenters. The van der Waals surface area contributed by atoms with E-state index < -0.39 is 0 Å². The second-order valence-electron chi connectivity index (χ2n) is 4.06. The third kappa shape index (κ3) is 2.60. The lowest BCUT2D eigenvalue weighted by atomic mass is 10.1. The number of furan rings is 1. The molecule has 0 spiro atoms. The third-order valence-corrected chi connectivity index (χ3v) is 3.56. The van der Waals surface area contributed by atoms with Crippen molar-refractivity contribution in [2.24, 2.45) is 5.73 Å². The van der Waals surface area contributed by atoms with E-state index in [9.17, 15) is 0 Å². The predicted octanol–water partition coefficient (Wildman–Crippen LogP) is 4.13. The van der Waals surface area contributed by atoms with E-state index in [1.165, 1.54) is 0 Å². The molecule has 18 heavy (non-hydrogen) atoms. The minimum atomic E-state index is -0.0527. The van der Waals surface area contributed by atoms with Crippen LogP contribution in [0.1, 0.15) is 25.1 Å². The van der Waals surface area contributed by atoms with Gasteiger partial charge in [0.25, 0.3) is 0 Å². The molecule has 1 aromatic carbocycles. The SMILES string of the molecule is CCC(N)c1ccc(-c2cc(OC)ccc2Br)o1. The van der Waals surface area contributed by atoms with Crippen molar-refractivity contribution in [3.8, 4) is 17.1 Å². The number of ether oxygens (including phenoxy) is 1. The van der Waals surface area contributed by atoms with Gasteiger partial charge in [-0.3, -0.25) is 0 Å². The first-order valence-electron chi connectivity index (χ1n) is 5.85. The molecule has 1 heterocycles. The second kappa shape index (κ2) is 5.59. The first kappa shape index (κ1) is 13.2. The highest BCUT2D eigenvalue weighted by Gasteiger charge is 2.12. The number of halogens is 1. The molecule has 0 saturated carbocycles. The standard InChI is InChI=1S/C14H16BrNO2/c1-3-12(16)14-7-6-13(18-14)10-8-9(17-2)4-5-11(10)15/h4-8,12H,3,16H2,1-2H3. The Hall–Kier alpha value is -1.26. The normalized spacial score (nSPS) is 12.4. The van der Waals surface area contributed by atoms with Gasteiger partial charge in [0.15, 0.2) is 0 Å². The minimum absolute atomic E-state index is 0.0527. The van der Waals surface area contributed by atoms with E-state index in [0.717, 1.165) is 33.7 Å². The molecule has 1 unspecified atom stereocenters. The summed E-state index contributed by atoms with van der Waals surface area (Å²) < 4.78 is 12.0. The molecule has 0 radical (unpaired) electrons. The molecule has 0 saturated heterocycles. The predicted molar refractivity (Wildman–Crippen MR) is 75.6 cm³/mol. The highest BCUT2D eigenvalue weighted by atomic mass is 79.9. The van der Waals surface area contributed by atoms with E-state index >= 15 is 0 Å². The third-order valence-electron chi connectivity index (χ3n) is 2.87. The smallest absolute Gasteiger partial charge is 0.135 e. The Morgan fingerprint density at radius 2 is 2.11 bits per heavy atom. The van der Waals surface area contributed by atoms with Gasteiger partial charge in [-0.15, -0.1) is 0 Å². The molecular formula is C14H16BrNO2. The van der Waals surface area contributed by atoms with Crippen molar-refractivity contribution in [1.29, 1.82) is 0 Å². The van der Waals surface area contributed by atoms with Crippen LogP contribution in [0.5, 0.6) is 5.75 Å². The quantitative estimate of drug-likeness (QED) is 0.924. The van der Waals surface area contributed by atoms with Crippen LogP contribution >= 0.6 is 15.9 Å². The summed E-state index contributed by atoms with van der Waals surface area (Å²) in [6.07, 6.45) is 0.853. The first-order chi connectivity index (χ1) is 8.65. The van der Waals surface area contributed by atoms with Gasteiger partial charge in [-0.2, -0.15) is 0 Å². The molecule has 0 aliphatic carbocycles. The highest BCUT2D eigenvalue weighted by Crippen LogP contribution is 2.33. The average Bonchev–Trinajstić information content (AvgIpc) is 2.88. The van der Waals surface area contributed by atoms with Crippen molar-refractivity contribution in [1.82, 2.24) is 0 Å². The van der Waals surface area contributed by atoms with E-state index in [2.05, 4.69) is 15.9 Å². The van der Waals surface area contributed by atoms with Crippen LogP contribution in [0.4, 0.5) is 0 Å². The summed E-state index contributed by atoms with van der Waals surface area (Å²) in [5.74, 6) is 2.40. The first-order valence-corrected chi connectivity index (χ1v) is 6.64. The van der Waals surface area contributed by atoms with E-state index in [1.807, 2.05) is 37.3 Å². The number of hydrogen-bond donors (Lipinski definition) is 1. The number of hydrogen-bond acceptors (Lipinski definition) is 3. The fourth-order valence-corrected chi connectivity index (χ4v) is 2.16. The molecule has 4 heteroatoms. The Labute approximate surface area is 115 Å². The number of methoxy groups -OCH3 is 1. The minimum Gasteiger partial charge on any atom is -0.497 e. The Morgan fingerprint density at radius 1 is 1.33 bits per heavy atom. The Balaban J connectivity index is 2.39. The lowest BCUT2D eigenvalue weighted by Crippen LogP contribution is -2.06. The van der Waals surface area contributed by atoms with Crippen molar-refractivity contribution in [2.45, 2.75) is 19.4 Å². The Kier molecular flexibility index (Phi) is 4.09. The number of benzene rings is 1. The molecule has 1 aromatic heterocycles. The van der Waals surface area contributed by atoms with Crippen LogP contribution in [0.3, 0.4) is 0 Å². The maximum Gasteiger partial charge on any atom is 0.135 e. The van der Waals surface area contributed by atoms with Gasteiger partial charge in [0.1, 0.15) is 17.3 Å². The van der Waals surface area contributed by atoms with Gasteiger partial charge < -0.3 is 14.9 Å². The van der Waals surface area contributed by atoms with Crippen LogP contribution in [-0.2, 0) is 0 Å². The summed E-state index contributed by atoms with van der Waals surface area (Å²) in [7, 11) is 1.65. The summed E-state index contributed by atoms with van der Waals surface area (Å²) in [6.45, 7) is 2.04. The summed E-state index contributed by atoms with van der Waals surface area (Å²) in [6, 6.07) is 9.58. The van der Waals surface area contributed by atoms with E-state index in [0.29, 0.717) is 0 Å². The van der Waals surface area contributed by atoms with Crippen molar-refractivity contribution >= 4 is 15.9 Å². The lowest BCUT2D eigenvalue weighted by Gasteiger charge is -2.06. The summed E-state index contributed by atoms with van der Waals surface area (Å²) in [4.78, 5) is 0. The second-order valence-corrected chi connectivity index (χ2v) is 4.92. The van der Waals surface area contributed by atoms with Gasteiger partial charge in [-0.1, -0.05) is 22.9 Å². The molecule has 2 aromatic rings. The van der Waals surface area contributed by atoms with Crippen molar-refractivity contribution in [3.05, 3.63) is 40.6 Å². The zero-order valence-corrected chi connectivity index (χ0v) is 12.0. The molecule has 2 N–H and O–H groups in total. The molecule has 0 bridgehead atoms. The van der Waals surface area contributed by atoms with E-state index in [4.69, 9.17) is 14.9 Å². The van der Waals surface area contributed by atoms with Crippen LogP contribution in [0.25, 0.3) is 11.3 Å². The molecule has 3 nitrogen and oxygen atoms in total. The van der Waals surface area contributed by atoms with E-state index in [-0.39, 0.29) is 6.04 Å². The maximum atomic E-state index is 5.95. The van der Waals surface area contributed by atoms with Crippen LogP contribution in [0, 0.1) is 0 Å².